The maximum atomic E-state index is 13.2. The van der Waals surface area contributed by atoms with Crippen molar-refractivity contribution in [3.8, 4) is 5.75 Å². The SMILES string of the molecule is CCCCCCCCP(=O)(OCC(=O)N(CC)CC)Oc1ccccc1. The zero-order valence-corrected chi connectivity index (χ0v) is 17.4. The van der Waals surface area contributed by atoms with Gasteiger partial charge in [-0.05, 0) is 32.4 Å². The number of rotatable bonds is 14. The summed E-state index contributed by atoms with van der Waals surface area (Å²) in [6, 6.07) is 9.03. The molecule has 0 aliphatic heterocycles. The topological polar surface area (TPSA) is 55.8 Å². The van der Waals surface area contributed by atoms with Gasteiger partial charge >= 0.3 is 7.60 Å². The van der Waals surface area contributed by atoms with Crippen molar-refractivity contribution in [2.24, 2.45) is 0 Å². The third-order valence-corrected chi connectivity index (χ3v) is 6.15. The Morgan fingerprint density at radius 3 is 2.19 bits per heavy atom. The van der Waals surface area contributed by atoms with E-state index in [2.05, 4.69) is 6.92 Å². The predicted octanol–water partition coefficient (Wildman–Crippen LogP) is 5.50. The van der Waals surface area contributed by atoms with E-state index in [0.29, 0.717) is 25.0 Å². The maximum Gasteiger partial charge on any atom is 0.379 e. The second-order valence-electron chi connectivity index (χ2n) is 6.35. The van der Waals surface area contributed by atoms with Gasteiger partial charge in [-0.3, -0.25) is 9.32 Å². The van der Waals surface area contributed by atoms with Crippen molar-refractivity contribution >= 4 is 13.5 Å². The number of carbonyl (C=O) groups excluding carboxylic acids is 1. The van der Waals surface area contributed by atoms with Crippen LogP contribution in [0.25, 0.3) is 0 Å². The first-order valence-corrected chi connectivity index (χ1v) is 11.5. The van der Waals surface area contributed by atoms with Crippen LogP contribution in [-0.2, 0) is 13.9 Å². The molecular weight excluding hydrogens is 349 g/mol. The molecule has 0 radical (unpaired) electrons. The van der Waals surface area contributed by atoms with Crippen molar-refractivity contribution in [3.05, 3.63) is 30.3 Å². The number of nitrogens with zero attached hydrogens (tertiary/aromatic N) is 1. The zero-order chi connectivity index (χ0) is 19.3. The van der Waals surface area contributed by atoms with Gasteiger partial charge in [0.2, 0.25) is 5.91 Å². The molecule has 1 aromatic carbocycles. The fraction of sp³-hybridized carbons (Fsp3) is 0.650. The molecule has 1 unspecified atom stereocenters. The summed E-state index contributed by atoms with van der Waals surface area (Å²) >= 11 is 0. The molecule has 0 fully saturated rings. The van der Waals surface area contributed by atoms with Gasteiger partial charge in [-0.25, -0.2) is 4.57 Å². The summed E-state index contributed by atoms with van der Waals surface area (Å²) < 4.78 is 24.4. The molecule has 0 bridgehead atoms. The van der Waals surface area contributed by atoms with E-state index in [9.17, 15) is 9.36 Å². The predicted molar refractivity (Wildman–Crippen MR) is 107 cm³/mol. The number of hydrogen-bond donors (Lipinski definition) is 0. The van der Waals surface area contributed by atoms with Gasteiger partial charge in [0, 0.05) is 13.1 Å². The second-order valence-corrected chi connectivity index (χ2v) is 8.46. The molecule has 1 atom stereocenters. The Balaban J connectivity index is 2.62. The fourth-order valence-electron chi connectivity index (χ4n) is 2.69. The molecule has 1 aromatic rings. The van der Waals surface area contributed by atoms with Gasteiger partial charge in [-0.1, -0.05) is 57.2 Å². The molecule has 0 aromatic heterocycles. The Labute approximate surface area is 158 Å². The number of hydrogen-bond acceptors (Lipinski definition) is 4. The van der Waals surface area contributed by atoms with Gasteiger partial charge in [0.05, 0.1) is 6.16 Å². The first-order chi connectivity index (χ1) is 12.5. The molecule has 0 N–H and O–H groups in total. The fourth-order valence-corrected chi connectivity index (χ4v) is 4.32. The molecule has 26 heavy (non-hydrogen) atoms. The van der Waals surface area contributed by atoms with E-state index >= 15 is 0 Å². The highest BCUT2D eigenvalue weighted by Gasteiger charge is 2.27. The van der Waals surface area contributed by atoms with Crippen LogP contribution in [-0.4, -0.2) is 36.7 Å². The molecule has 0 saturated heterocycles. The van der Waals surface area contributed by atoms with E-state index in [0.717, 1.165) is 19.3 Å². The lowest BCUT2D eigenvalue weighted by Crippen LogP contribution is -2.33. The second kappa shape index (κ2) is 12.9. The van der Waals surface area contributed by atoms with Gasteiger partial charge in [0.25, 0.3) is 0 Å². The summed E-state index contributed by atoms with van der Waals surface area (Å²) in [5.41, 5.74) is 0. The van der Waals surface area contributed by atoms with Crippen LogP contribution < -0.4 is 4.52 Å². The lowest BCUT2D eigenvalue weighted by atomic mass is 10.1. The smallest absolute Gasteiger partial charge is 0.379 e. The van der Waals surface area contributed by atoms with Crippen LogP contribution in [0.3, 0.4) is 0 Å². The standard InChI is InChI=1S/C20H34NO4P/c1-4-7-8-9-10-14-17-26(23,25-19-15-12-11-13-16-19)24-18-20(22)21(5-2)6-3/h11-13,15-16H,4-10,14,17-18H2,1-3H3. The molecule has 1 rings (SSSR count). The van der Waals surface area contributed by atoms with Crippen molar-refractivity contribution < 1.29 is 18.4 Å². The molecule has 0 heterocycles. The Morgan fingerprint density at radius 2 is 1.58 bits per heavy atom. The first kappa shape index (κ1) is 22.7. The van der Waals surface area contributed by atoms with Crippen molar-refractivity contribution in [2.75, 3.05) is 25.9 Å². The molecule has 6 heteroatoms. The van der Waals surface area contributed by atoms with Crippen LogP contribution in [0.4, 0.5) is 0 Å². The van der Waals surface area contributed by atoms with Crippen LogP contribution in [0.1, 0.15) is 59.3 Å². The van der Waals surface area contributed by atoms with E-state index in [4.69, 9.17) is 9.05 Å². The molecule has 0 spiro atoms. The molecule has 0 aliphatic carbocycles. The quantitative estimate of drug-likeness (QED) is 0.314. The number of amides is 1. The van der Waals surface area contributed by atoms with E-state index in [1.54, 1.807) is 17.0 Å². The van der Waals surface area contributed by atoms with Crippen LogP contribution in [0.2, 0.25) is 0 Å². The summed E-state index contributed by atoms with van der Waals surface area (Å²) in [6.45, 7) is 7.03. The highest BCUT2D eigenvalue weighted by molar-refractivity contribution is 7.54. The van der Waals surface area contributed by atoms with Gasteiger partial charge in [-0.2, -0.15) is 0 Å². The third-order valence-electron chi connectivity index (χ3n) is 4.27. The van der Waals surface area contributed by atoms with Gasteiger partial charge in [0.15, 0.2) is 0 Å². The van der Waals surface area contributed by atoms with Crippen LogP contribution in [0.15, 0.2) is 30.3 Å². The highest BCUT2D eigenvalue weighted by atomic mass is 31.2. The highest BCUT2D eigenvalue weighted by Crippen LogP contribution is 2.49. The average Bonchev–Trinajstić information content (AvgIpc) is 2.65. The summed E-state index contributed by atoms with van der Waals surface area (Å²) in [4.78, 5) is 13.8. The normalized spacial score (nSPS) is 13.2. The third kappa shape index (κ3) is 8.86. The Hall–Kier alpha value is -1.32. The minimum absolute atomic E-state index is 0.158. The largest absolute Gasteiger partial charge is 0.424 e. The van der Waals surface area contributed by atoms with Crippen molar-refractivity contribution in [2.45, 2.75) is 59.3 Å². The van der Waals surface area contributed by atoms with Crippen LogP contribution in [0.5, 0.6) is 5.75 Å². The minimum Gasteiger partial charge on any atom is -0.424 e. The van der Waals surface area contributed by atoms with Gasteiger partial charge < -0.3 is 9.42 Å². The Kier molecular flexibility index (Phi) is 11.3. The monoisotopic (exact) mass is 383 g/mol. The average molecular weight is 383 g/mol. The number of likely N-dealkylation sites (N-methyl/N-ethyl adjacent to an activating group) is 1. The summed E-state index contributed by atoms with van der Waals surface area (Å²) in [7, 11) is -3.36. The Morgan fingerprint density at radius 1 is 0.962 bits per heavy atom. The molecular formula is C20H34NO4P. The lowest BCUT2D eigenvalue weighted by molar-refractivity contribution is -0.133. The van der Waals surface area contributed by atoms with Crippen molar-refractivity contribution in [1.29, 1.82) is 0 Å². The summed E-state index contributed by atoms with van der Waals surface area (Å²) in [5.74, 6) is 0.354. The Bertz CT molecular complexity index is 546. The van der Waals surface area contributed by atoms with Gasteiger partial charge in [-0.15, -0.1) is 0 Å². The van der Waals surface area contributed by atoms with E-state index < -0.39 is 7.60 Å². The molecule has 5 nitrogen and oxygen atoms in total. The van der Waals surface area contributed by atoms with E-state index in [1.807, 2.05) is 32.0 Å². The number of para-hydroxylation sites is 1. The maximum absolute atomic E-state index is 13.2. The molecule has 0 aliphatic rings. The number of benzene rings is 1. The molecule has 1 amide bonds. The van der Waals surface area contributed by atoms with Crippen LogP contribution in [0, 0.1) is 0 Å². The van der Waals surface area contributed by atoms with E-state index in [-0.39, 0.29) is 12.5 Å². The van der Waals surface area contributed by atoms with Crippen molar-refractivity contribution in [1.82, 2.24) is 4.90 Å². The molecule has 0 saturated carbocycles. The first-order valence-electron chi connectivity index (χ1n) is 9.80. The molecule has 148 valence electrons. The number of carbonyl (C=O) groups is 1. The van der Waals surface area contributed by atoms with Crippen molar-refractivity contribution in [3.63, 3.8) is 0 Å². The number of unbranched alkanes of at least 4 members (excludes halogenated alkanes) is 5. The van der Waals surface area contributed by atoms with E-state index in [1.165, 1.54) is 19.3 Å². The summed E-state index contributed by atoms with van der Waals surface area (Å²) in [5, 5.41) is 0. The van der Waals surface area contributed by atoms with Gasteiger partial charge in [0.1, 0.15) is 12.4 Å². The minimum atomic E-state index is -3.36. The zero-order valence-electron chi connectivity index (χ0n) is 16.5. The lowest BCUT2D eigenvalue weighted by Gasteiger charge is -2.22. The van der Waals surface area contributed by atoms with Crippen LogP contribution >= 0.6 is 7.60 Å². The summed E-state index contributed by atoms with van der Waals surface area (Å²) in [6.07, 6.45) is 6.85.